The van der Waals surface area contributed by atoms with Crippen LogP contribution >= 0.6 is 0 Å². The molecule has 2 aromatic rings. The molecule has 0 spiro atoms. The standard InChI is InChI=1S/C16H21N7O/c1-3-23-4-5-24-14(16(23)12-7-21-22(2)11-12)9-20-15-10-18-13(6-17)8-19-15/h7-8,10-11,14,16H,3-5,9H2,1-2H3,(H,19,20)/t14-,16-/m0/s1. The Kier molecular flexibility index (Phi) is 5.03. The topological polar surface area (TPSA) is 91.9 Å². The Labute approximate surface area is 141 Å². The molecule has 0 radical (unpaired) electrons. The highest BCUT2D eigenvalue weighted by Gasteiger charge is 2.33. The lowest BCUT2D eigenvalue weighted by molar-refractivity contribution is -0.0639. The molecule has 1 saturated heterocycles. The summed E-state index contributed by atoms with van der Waals surface area (Å²) in [5, 5.41) is 16.3. The minimum absolute atomic E-state index is 0.0136. The summed E-state index contributed by atoms with van der Waals surface area (Å²) < 4.78 is 7.83. The third-order valence-electron chi connectivity index (χ3n) is 4.18. The van der Waals surface area contributed by atoms with Crippen molar-refractivity contribution in [3.8, 4) is 6.07 Å². The number of hydrogen-bond donors (Lipinski definition) is 1. The summed E-state index contributed by atoms with van der Waals surface area (Å²) in [5.41, 5.74) is 1.46. The van der Waals surface area contributed by atoms with Crippen molar-refractivity contribution in [2.75, 3.05) is 31.6 Å². The van der Waals surface area contributed by atoms with Crippen LogP contribution in [0.4, 0.5) is 5.82 Å². The Morgan fingerprint density at radius 1 is 1.38 bits per heavy atom. The molecule has 3 heterocycles. The quantitative estimate of drug-likeness (QED) is 0.874. The second kappa shape index (κ2) is 7.38. The van der Waals surface area contributed by atoms with Gasteiger partial charge in [-0.05, 0) is 6.54 Å². The molecule has 1 aliphatic rings. The van der Waals surface area contributed by atoms with Gasteiger partial charge in [0.25, 0.3) is 0 Å². The highest BCUT2D eigenvalue weighted by atomic mass is 16.5. The molecule has 0 amide bonds. The van der Waals surface area contributed by atoms with E-state index >= 15 is 0 Å². The summed E-state index contributed by atoms with van der Waals surface area (Å²) in [5.74, 6) is 0.635. The van der Waals surface area contributed by atoms with Crippen LogP contribution in [-0.2, 0) is 11.8 Å². The fourth-order valence-corrected chi connectivity index (χ4v) is 3.01. The summed E-state index contributed by atoms with van der Waals surface area (Å²) in [6.45, 7) is 5.33. The minimum atomic E-state index is -0.0136. The largest absolute Gasteiger partial charge is 0.373 e. The Morgan fingerprint density at radius 2 is 2.25 bits per heavy atom. The van der Waals surface area contributed by atoms with E-state index in [1.165, 1.54) is 6.20 Å². The number of ether oxygens (including phenoxy) is 1. The summed E-state index contributed by atoms with van der Waals surface area (Å²) in [4.78, 5) is 10.6. The second-order valence-corrected chi connectivity index (χ2v) is 5.71. The number of hydrogen-bond acceptors (Lipinski definition) is 7. The van der Waals surface area contributed by atoms with E-state index in [2.05, 4.69) is 32.2 Å². The van der Waals surface area contributed by atoms with E-state index in [9.17, 15) is 0 Å². The molecule has 8 heteroatoms. The van der Waals surface area contributed by atoms with Gasteiger partial charge in [0.2, 0.25) is 0 Å². The maximum atomic E-state index is 8.77. The highest BCUT2D eigenvalue weighted by molar-refractivity contribution is 5.33. The van der Waals surface area contributed by atoms with Crippen molar-refractivity contribution in [3.05, 3.63) is 36.0 Å². The number of nitriles is 1. The molecule has 126 valence electrons. The molecular formula is C16H21N7O. The van der Waals surface area contributed by atoms with Crippen molar-refractivity contribution in [1.82, 2.24) is 24.6 Å². The fraction of sp³-hybridized carbons (Fsp3) is 0.500. The SMILES string of the molecule is CCN1CCO[C@@H](CNc2cnc(C#N)cn2)[C@@H]1c1cnn(C)c1. The van der Waals surface area contributed by atoms with Crippen LogP contribution in [0.15, 0.2) is 24.8 Å². The van der Waals surface area contributed by atoms with E-state index in [1.54, 1.807) is 6.20 Å². The lowest BCUT2D eigenvalue weighted by atomic mass is 10.0. The Hall–Kier alpha value is -2.50. The number of morpholine rings is 1. The number of rotatable bonds is 5. The first kappa shape index (κ1) is 16.4. The van der Waals surface area contributed by atoms with E-state index in [1.807, 2.05) is 30.2 Å². The van der Waals surface area contributed by atoms with E-state index in [-0.39, 0.29) is 12.1 Å². The number of aryl methyl sites for hydroxylation is 1. The Morgan fingerprint density at radius 3 is 2.88 bits per heavy atom. The first-order valence-corrected chi connectivity index (χ1v) is 8.01. The van der Waals surface area contributed by atoms with Gasteiger partial charge in [-0.3, -0.25) is 9.58 Å². The van der Waals surface area contributed by atoms with Crippen molar-refractivity contribution in [1.29, 1.82) is 5.26 Å². The molecule has 24 heavy (non-hydrogen) atoms. The van der Waals surface area contributed by atoms with Crippen molar-refractivity contribution in [2.45, 2.75) is 19.1 Å². The van der Waals surface area contributed by atoms with Gasteiger partial charge < -0.3 is 10.1 Å². The van der Waals surface area contributed by atoms with E-state index in [0.717, 1.165) is 18.7 Å². The van der Waals surface area contributed by atoms with Gasteiger partial charge in [-0.2, -0.15) is 10.4 Å². The summed E-state index contributed by atoms with van der Waals surface area (Å²) >= 11 is 0. The van der Waals surface area contributed by atoms with Crippen LogP contribution in [-0.4, -0.2) is 57.0 Å². The molecule has 0 saturated carbocycles. The van der Waals surface area contributed by atoms with Crippen LogP contribution in [0.1, 0.15) is 24.2 Å². The van der Waals surface area contributed by atoms with Gasteiger partial charge in [0.05, 0.1) is 37.3 Å². The third kappa shape index (κ3) is 3.53. The van der Waals surface area contributed by atoms with Crippen LogP contribution in [0.2, 0.25) is 0 Å². The Balaban J connectivity index is 1.72. The summed E-state index contributed by atoms with van der Waals surface area (Å²) in [6.07, 6.45) is 6.95. The lowest BCUT2D eigenvalue weighted by Crippen LogP contribution is -2.47. The first-order chi connectivity index (χ1) is 11.7. The molecule has 1 aliphatic heterocycles. The second-order valence-electron chi connectivity index (χ2n) is 5.71. The smallest absolute Gasteiger partial charge is 0.158 e. The molecule has 0 unspecified atom stereocenters. The molecule has 0 bridgehead atoms. The average Bonchev–Trinajstić information content (AvgIpc) is 3.05. The van der Waals surface area contributed by atoms with Gasteiger partial charge in [-0.25, -0.2) is 9.97 Å². The van der Waals surface area contributed by atoms with Gasteiger partial charge in [0, 0.05) is 31.9 Å². The van der Waals surface area contributed by atoms with Gasteiger partial charge in [0.15, 0.2) is 5.69 Å². The molecule has 1 N–H and O–H groups in total. The predicted octanol–water partition coefficient (Wildman–Crippen LogP) is 0.956. The zero-order chi connectivity index (χ0) is 16.9. The summed E-state index contributed by atoms with van der Waals surface area (Å²) in [7, 11) is 1.92. The minimum Gasteiger partial charge on any atom is -0.373 e. The fourth-order valence-electron chi connectivity index (χ4n) is 3.01. The Bertz CT molecular complexity index is 706. The zero-order valence-corrected chi connectivity index (χ0v) is 13.9. The van der Waals surface area contributed by atoms with E-state index in [4.69, 9.17) is 10.00 Å². The molecule has 2 atom stereocenters. The maximum absolute atomic E-state index is 8.77. The molecule has 0 aliphatic carbocycles. The van der Waals surface area contributed by atoms with E-state index in [0.29, 0.717) is 24.7 Å². The molecule has 2 aromatic heterocycles. The monoisotopic (exact) mass is 327 g/mol. The van der Waals surface area contributed by atoms with E-state index < -0.39 is 0 Å². The molecule has 1 fully saturated rings. The normalized spacial score (nSPS) is 21.4. The van der Waals surface area contributed by atoms with Crippen molar-refractivity contribution >= 4 is 5.82 Å². The number of aromatic nitrogens is 4. The van der Waals surface area contributed by atoms with Crippen LogP contribution in [0, 0.1) is 11.3 Å². The highest BCUT2D eigenvalue weighted by Crippen LogP contribution is 2.29. The molecule has 3 rings (SSSR count). The summed E-state index contributed by atoms with van der Waals surface area (Å²) in [6, 6.07) is 2.11. The number of nitrogens with zero attached hydrogens (tertiary/aromatic N) is 6. The van der Waals surface area contributed by atoms with Gasteiger partial charge in [-0.15, -0.1) is 0 Å². The van der Waals surface area contributed by atoms with Gasteiger partial charge in [0.1, 0.15) is 11.9 Å². The zero-order valence-electron chi connectivity index (χ0n) is 13.9. The van der Waals surface area contributed by atoms with Gasteiger partial charge in [-0.1, -0.05) is 6.92 Å². The van der Waals surface area contributed by atoms with Crippen LogP contribution in [0.25, 0.3) is 0 Å². The van der Waals surface area contributed by atoms with Crippen LogP contribution in [0.3, 0.4) is 0 Å². The van der Waals surface area contributed by atoms with Crippen LogP contribution < -0.4 is 5.32 Å². The molecule has 0 aromatic carbocycles. The number of likely N-dealkylation sites (N-methyl/N-ethyl adjacent to an activating group) is 1. The maximum Gasteiger partial charge on any atom is 0.158 e. The lowest BCUT2D eigenvalue weighted by Gasteiger charge is -2.40. The molecular weight excluding hydrogens is 306 g/mol. The van der Waals surface area contributed by atoms with Crippen molar-refractivity contribution < 1.29 is 4.74 Å². The van der Waals surface area contributed by atoms with Crippen molar-refractivity contribution in [2.24, 2.45) is 7.05 Å². The van der Waals surface area contributed by atoms with Crippen LogP contribution in [0.5, 0.6) is 0 Å². The average molecular weight is 327 g/mol. The predicted molar refractivity (Wildman–Crippen MR) is 88.2 cm³/mol. The first-order valence-electron chi connectivity index (χ1n) is 8.01. The van der Waals surface area contributed by atoms with Gasteiger partial charge >= 0.3 is 0 Å². The van der Waals surface area contributed by atoms with Crippen molar-refractivity contribution in [3.63, 3.8) is 0 Å². The number of nitrogens with one attached hydrogen (secondary N) is 1. The molecule has 8 nitrogen and oxygen atoms in total. The number of anilines is 1. The third-order valence-corrected chi connectivity index (χ3v) is 4.18.